The molecule has 1 aliphatic heterocycles. The lowest BCUT2D eigenvalue weighted by Crippen LogP contribution is -2.42. The second-order valence-electron chi connectivity index (χ2n) is 5.97. The van der Waals surface area contributed by atoms with Gasteiger partial charge in [-0.3, -0.25) is 4.90 Å². The quantitative estimate of drug-likeness (QED) is 0.760. The smallest absolute Gasteiger partial charge is 0.110 e. The average Bonchev–Trinajstić information content (AvgIpc) is 2.77. The Labute approximate surface area is 119 Å². The summed E-state index contributed by atoms with van der Waals surface area (Å²) in [7, 11) is 0. The molecule has 1 aliphatic rings. The van der Waals surface area contributed by atoms with E-state index in [-0.39, 0.29) is 0 Å². The number of thiazole rings is 1. The lowest BCUT2D eigenvalue weighted by atomic mass is 9.83. The molecule has 0 spiro atoms. The molecule has 0 saturated carbocycles. The van der Waals surface area contributed by atoms with E-state index in [9.17, 15) is 0 Å². The van der Waals surface area contributed by atoms with Crippen molar-refractivity contribution in [3.63, 3.8) is 0 Å². The van der Waals surface area contributed by atoms with Crippen molar-refractivity contribution < 1.29 is 0 Å². The van der Waals surface area contributed by atoms with Gasteiger partial charge in [-0.15, -0.1) is 22.9 Å². The topological polar surface area (TPSA) is 16.1 Å². The molecule has 1 atom stereocenters. The highest BCUT2D eigenvalue weighted by Crippen LogP contribution is 2.35. The highest BCUT2D eigenvalue weighted by molar-refractivity contribution is 7.09. The first kappa shape index (κ1) is 14.3. The summed E-state index contributed by atoms with van der Waals surface area (Å²) < 4.78 is 0. The SMILES string of the molecule is CCC(c1nc(CCl)cs1)N1CCCC(C)(C)C1. The predicted molar refractivity (Wildman–Crippen MR) is 79.3 cm³/mol. The monoisotopic (exact) mass is 286 g/mol. The molecule has 2 heterocycles. The van der Waals surface area contributed by atoms with Gasteiger partial charge in [-0.05, 0) is 31.2 Å². The minimum atomic E-state index is 0.443. The lowest BCUT2D eigenvalue weighted by Gasteiger charge is -2.41. The molecule has 102 valence electrons. The van der Waals surface area contributed by atoms with Crippen LogP contribution >= 0.6 is 22.9 Å². The Balaban J connectivity index is 2.12. The van der Waals surface area contributed by atoms with Gasteiger partial charge in [-0.2, -0.15) is 0 Å². The van der Waals surface area contributed by atoms with Gasteiger partial charge < -0.3 is 0 Å². The Bertz CT molecular complexity index is 389. The van der Waals surface area contributed by atoms with Gasteiger partial charge in [0.2, 0.25) is 0 Å². The van der Waals surface area contributed by atoms with Crippen LogP contribution in [0.5, 0.6) is 0 Å². The van der Waals surface area contributed by atoms with Crippen LogP contribution in [-0.4, -0.2) is 23.0 Å². The largest absolute Gasteiger partial charge is 0.294 e. The maximum Gasteiger partial charge on any atom is 0.110 e. The fraction of sp³-hybridized carbons (Fsp3) is 0.786. The van der Waals surface area contributed by atoms with Crippen molar-refractivity contribution in [2.45, 2.75) is 52.0 Å². The van der Waals surface area contributed by atoms with Crippen LogP contribution in [0.1, 0.15) is 56.8 Å². The summed E-state index contributed by atoms with van der Waals surface area (Å²) in [6.45, 7) is 9.39. The molecule has 18 heavy (non-hydrogen) atoms. The van der Waals surface area contributed by atoms with Crippen molar-refractivity contribution in [3.8, 4) is 0 Å². The molecular weight excluding hydrogens is 264 g/mol. The number of halogens is 1. The molecule has 4 heteroatoms. The molecule has 0 N–H and O–H groups in total. The van der Waals surface area contributed by atoms with Gasteiger partial charge in [0, 0.05) is 11.9 Å². The van der Waals surface area contributed by atoms with Crippen LogP contribution < -0.4 is 0 Å². The van der Waals surface area contributed by atoms with Crippen molar-refractivity contribution in [1.82, 2.24) is 9.88 Å². The molecule has 0 amide bonds. The predicted octanol–water partition coefficient (Wildman–Crippen LogP) is 4.46. The molecule has 0 radical (unpaired) electrons. The van der Waals surface area contributed by atoms with E-state index in [2.05, 4.69) is 36.0 Å². The summed E-state index contributed by atoms with van der Waals surface area (Å²) in [5, 5.41) is 3.34. The second-order valence-corrected chi connectivity index (χ2v) is 7.13. The summed E-state index contributed by atoms with van der Waals surface area (Å²) in [6, 6.07) is 0.478. The zero-order valence-corrected chi connectivity index (χ0v) is 13.2. The van der Waals surface area contributed by atoms with Crippen LogP contribution in [0, 0.1) is 5.41 Å². The third kappa shape index (κ3) is 3.25. The normalized spacial score (nSPS) is 22.0. The number of alkyl halides is 1. The molecule has 2 nitrogen and oxygen atoms in total. The van der Waals surface area contributed by atoms with Gasteiger partial charge in [-0.1, -0.05) is 20.8 Å². The summed E-state index contributed by atoms with van der Waals surface area (Å²) in [5.41, 5.74) is 1.46. The van der Waals surface area contributed by atoms with E-state index < -0.39 is 0 Å². The Morgan fingerprint density at radius 1 is 1.56 bits per heavy atom. The molecule has 1 unspecified atom stereocenters. The summed E-state index contributed by atoms with van der Waals surface area (Å²) >= 11 is 7.61. The minimum absolute atomic E-state index is 0.443. The zero-order valence-electron chi connectivity index (χ0n) is 11.6. The molecule has 2 rings (SSSR count). The van der Waals surface area contributed by atoms with E-state index in [0.717, 1.165) is 12.1 Å². The Morgan fingerprint density at radius 3 is 2.89 bits per heavy atom. The first-order chi connectivity index (χ1) is 8.55. The minimum Gasteiger partial charge on any atom is -0.294 e. The van der Waals surface area contributed by atoms with Gasteiger partial charge in [-0.25, -0.2) is 4.98 Å². The molecular formula is C14H23ClN2S. The highest BCUT2D eigenvalue weighted by Gasteiger charge is 2.31. The van der Waals surface area contributed by atoms with E-state index in [1.807, 2.05) is 0 Å². The van der Waals surface area contributed by atoms with Gasteiger partial charge in [0.15, 0.2) is 0 Å². The Kier molecular flexibility index (Phi) is 4.68. The zero-order chi connectivity index (χ0) is 13.2. The first-order valence-corrected chi connectivity index (χ1v) is 8.21. The van der Waals surface area contributed by atoms with E-state index in [0.29, 0.717) is 17.3 Å². The number of aromatic nitrogens is 1. The molecule has 0 bridgehead atoms. The van der Waals surface area contributed by atoms with Crippen LogP contribution in [0.4, 0.5) is 0 Å². The lowest BCUT2D eigenvalue weighted by molar-refractivity contribution is 0.0757. The van der Waals surface area contributed by atoms with Crippen LogP contribution in [0.15, 0.2) is 5.38 Å². The highest BCUT2D eigenvalue weighted by atomic mass is 35.5. The molecule has 1 saturated heterocycles. The van der Waals surface area contributed by atoms with Crippen LogP contribution in [0.3, 0.4) is 0 Å². The Hall–Kier alpha value is -0.120. The van der Waals surface area contributed by atoms with Crippen molar-refractivity contribution in [1.29, 1.82) is 0 Å². The van der Waals surface area contributed by atoms with Crippen molar-refractivity contribution in [3.05, 3.63) is 16.1 Å². The van der Waals surface area contributed by atoms with Crippen LogP contribution in [0.2, 0.25) is 0 Å². The van der Waals surface area contributed by atoms with E-state index in [1.165, 1.54) is 30.9 Å². The van der Waals surface area contributed by atoms with Gasteiger partial charge in [0.05, 0.1) is 17.6 Å². The Morgan fingerprint density at radius 2 is 2.33 bits per heavy atom. The summed E-state index contributed by atoms with van der Waals surface area (Å²) in [4.78, 5) is 7.28. The van der Waals surface area contributed by atoms with E-state index >= 15 is 0 Å². The number of piperidine rings is 1. The van der Waals surface area contributed by atoms with Gasteiger partial charge >= 0.3 is 0 Å². The van der Waals surface area contributed by atoms with Crippen molar-refractivity contribution in [2.75, 3.05) is 13.1 Å². The summed E-state index contributed by atoms with van der Waals surface area (Å²) in [5.74, 6) is 0.526. The van der Waals surface area contributed by atoms with Crippen molar-refractivity contribution >= 4 is 22.9 Å². The fourth-order valence-electron chi connectivity index (χ4n) is 2.86. The van der Waals surface area contributed by atoms with Gasteiger partial charge in [0.1, 0.15) is 5.01 Å². The third-order valence-electron chi connectivity index (χ3n) is 3.75. The van der Waals surface area contributed by atoms with Crippen LogP contribution in [0.25, 0.3) is 0 Å². The maximum absolute atomic E-state index is 5.85. The number of rotatable bonds is 4. The number of hydrogen-bond donors (Lipinski definition) is 0. The maximum atomic E-state index is 5.85. The summed E-state index contributed by atoms with van der Waals surface area (Å²) in [6.07, 6.45) is 3.77. The molecule has 1 aromatic heterocycles. The molecule has 1 fully saturated rings. The van der Waals surface area contributed by atoms with E-state index in [4.69, 9.17) is 11.6 Å². The van der Waals surface area contributed by atoms with Crippen LogP contribution in [-0.2, 0) is 5.88 Å². The molecule has 0 aliphatic carbocycles. The van der Waals surface area contributed by atoms with Crippen molar-refractivity contribution in [2.24, 2.45) is 5.41 Å². The molecule has 1 aromatic rings. The average molecular weight is 287 g/mol. The first-order valence-electron chi connectivity index (χ1n) is 6.80. The second kappa shape index (κ2) is 5.89. The number of likely N-dealkylation sites (tertiary alicyclic amines) is 1. The number of nitrogens with zero attached hydrogens (tertiary/aromatic N) is 2. The van der Waals surface area contributed by atoms with E-state index in [1.54, 1.807) is 11.3 Å². The van der Waals surface area contributed by atoms with Gasteiger partial charge in [0.25, 0.3) is 0 Å². The molecule has 0 aromatic carbocycles. The number of hydrogen-bond acceptors (Lipinski definition) is 3. The third-order valence-corrected chi connectivity index (χ3v) is 5.02. The fourth-order valence-corrected chi connectivity index (χ4v) is 4.12. The standard InChI is InChI=1S/C14H23ClN2S/c1-4-12(13-16-11(8-15)9-18-13)17-7-5-6-14(2,3)10-17/h9,12H,4-8,10H2,1-3H3.